The molecule has 1 N–H and O–H groups in total. The summed E-state index contributed by atoms with van der Waals surface area (Å²) < 4.78 is 3.56. The second kappa shape index (κ2) is 6.41. The van der Waals surface area contributed by atoms with Crippen LogP contribution in [0.5, 0.6) is 0 Å². The van der Waals surface area contributed by atoms with Crippen LogP contribution in [0.3, 0.4) is 0 Å². The lowest BCUT2D eigenvalue weighted by atomic mass is 10.0. The molecule has 2 heterocycles. The summed E-state index contributed by atoms with van der Waals surface area (Å²) in [6.07, 6.45) is 5.07. The average molecular weight is 299 g/mol. The molecule has 0 aliphatic heterocycles. The molecular formula is C17H21N3S. The van der Waals surface area contributed by atoms with Gasteiger partial charge in [-0.25, -0.2) is 4.98 Å². The molecule has 110 valence electrons. The zero-order valence-corrected chi connectivity index (χ0v) is 13.4. The predicted octanol–water partition coefficient (Wildman–Crippen LogP) is 4.21. The maximum Gasteiger partial charge on any atom is 0.130 e. The molecule has 1 atom stereocenters. The van der Waals surface area contributed by atoms with E-state index in [1.165, 1.54) is 15.6 Å². The first-order valence-corrected chi connectivity index (χ1v) is 8.43. The molecule has 0 radical (unpaired) electrons. The number of aromatic nitrogens is 2. The lowest BCUT2D eigenvalue weighted by Crippen LogP contribution is -2.26. The van der Waals surface area contributed by atoms with Crippen molar-refractivity contribution < 1.29 is 0 Å². The van der Waals surface area contributed by atoms with Crippen molar-refractivity contribution in [3.8, 4) is 0 Å². The minimum absolute atomic E-state index is 0.163. The predicted molar refractivity (Wildman–Crippen MR) is 89.9 cm³/mol. The Morgan fingerprint density at radius 3 is 2.95 bits per heavy atom. The SMILES string of the molecule is CCCNC(c1csc2ccccc12)c1nccn1CC. The van der Waals surface area contributed by atoms with Crippen LogP contribution in [0.2, 0.25) is 0 Å². The Hall–Kier alpha value is -1.65. The fraction of sp³-hybridized carbons (Fsp3) is 0.353. The van der Waals surface area contributed by atoms with Gasteiger partial charge in [0, 0.05) is 23.6 Å². The van der Waals surface area contributed by atoms with E-state index in [0.717, 1.165) is 25.3 Å². The van der Waals surface area contributed by atoms with E-state index in [2.05, 4.69) is 64.6 Å². The van der Waals surface area contributed by atoms with Gasteiger partial charge in [-0.15, -0.1) is 11.3 Å². The van der Waals surface area contributed by atoms with E-state index in [4.69, 9.17) is 0 Å². The molecule has 0 fully saturated rings. The van der Waals surface area contributed by atoms with E-state index in [1.807, 2.05) is 17.5 Å². The smallest absolute Gasteiger partial charge is 0.130 e. The Bertz CT molecular complexity index is 713. The second-order valence-corrected chi connectivity index (χ2v) is 6.06. The summed E-state index contributed by atoms with van der Waals surface area (Å²) in [4.78, 5) is 4.61. The largest absolute Gasteiger partial charge is 0.334 e. The molecule has 3 aromatic rings. The van der Waals surface area contributed by atoms with Crippen LogP contribution in [0.25, 0.3) is 10.1 Å². The Morgan fingerprint density at radius 2 is 2.14 bits per heavy atom. The van der Waals surface area contributed by atoms with Gasteiger partial charge >= 0.3 is 0 Å². The van der Waals surface area contributed by atoms with Crippen LogP contribution in [0.4, 0.5) is 0 Å². The molecule has 1 aromatic carbocycles. The Balaban J connectivity index is 2.07. The number of thiophene rings is 1. The van der Waals surface area contributed by atoms with Crippen molar-refractivity contribution in [3.05, 3.63) is 53.4 Å². The summed E-state index contributed by atoms with van der Waals surface area (Å²) in [6.45, 7) is 6.29. The second-order valence-electron chi connectivity index (χ2n) is 5.15. The fourth-order valence-corrected chi connectivity index (χ4v) is 3.69. The van der Waals surface area contributed by atoms with Crippen molar-refractivity contribution in [3.63, 3.8) is 0 Å². The number of rotatable bonds is 6. The number of benzene rings is 1. The van der Waals surface area contributed by atoms with E-state index < -0.39 is 0 Å². The fourth-order valence-electron chi connectivity index (χ4n) is 2.70. The number of imidazole rings is 1. The van der Waals surface area contributed by atoms with Crippen LogP contribution in [0.1, 0.15) is 37.7 Å². The van der Waals surface area contributed by atoms with Crippen molar-refractivity contribution in [2.24, 2.45) is 0 Å². The van der Waals surface area contributed by atoms with Gasteiger partial charge in [0.05, 0.1) is 6.04 Å². The van der Waals surface area contributed by atoms with Crippen LogP contribution in [0.15, 0.2) is 42.0 Å². The number of fused-ring (bicyclic) bond motifs is 1. The summed E-state index contributed by atoms with van der Waals surface area (Å²) in [5, 5.41) is 7.27. The minimum Gasteiger partial charge on any atom is -0.334 e. The Morgan fingerprint density at radius 1 is 1.29 bits per heavy atom. The van der Waals surface area contributed by atoms with Gasteiger partial charge in [-0.2, -0.15) is 0 Å². The molecule has 0 bridgehead atoms. The molecule has 3 nitrogen and oxygen atoms in total. The van der Waals surface area contributed by atoms with Crippen molar-refractivity contribution in [2.75, 3.05) is 6.54 Å². The first kappa shape index (κ1) is 14.3. The van der Waals surface area contributed by atoms with Gasteiger partial charge in [0.15, 0.2) is 0 Å². The van der Waals surface area contributed by atoms with Crippen molar-refractivity contribution in [1.29, 1.82) is 0 Å². The highest BCUT2D eigenvalue weighted by atomic mass is 32.1. The number of hydrogen-bond donors (Lipinski definition) is 1. The van der Waals surface area contributed by atoms with Gasteiger partial charge in [-0.05, 0) is 42.3 Å². The normalized spacial score (nSPS) is 12.9. The molecule has 0 spiro atoms. The summed E-state index contributed by atoms with van der Waals surface area (Å²) in [5.41, 5.74) is 1.34. The lowest BCUT2D eigenvalue weighted by Gasteiger charge is -2.19. The minimum atomic E-state index is 0.163. The molecule has 0 saturated carbocycles. The zero-order chi connectivity index (χ0) is 14.7. The summed E-state index contributed by atoms with van der Waals surface area (Å²) in [6, 6.07) is 8.77. The molecule has 0 saturated heterocycles. The highest BCUT2D eigenvalue weighted by molar-refractivity contribution is 7.17. The third kappa shape index (κ3) is 2.74. The number of nitrogens with zero attached hydrogens (tertiary/aromatic N) is 2. The molecule has 1 unspecified atom stereocenters. The van der Waals surface area contributed by atoms with Gasteiger partial charge < -0.3 is 9.88 Å². The van der Waals surface area contributed by atoms with Gasteiger partial charge in [-0.1, -0.05) is 25.1 Å². The maximum atomic E-state index is 4.61. The standard InChI is InChI=1S/C17H21N3S/c1-3-9-18-16(17-19-10-11-20(17)4-2)14-12-21-15-8-6-5-7-13(14)15/h5-8,10-12,16,18H,3-4,9H2,1-2H3. The van der Waals surface area contributed by atoms with Crippen LogP contribution in [-0.2, 0) is 6.54 Å². The van der Waals surface area contributed by atoms with E-state index in [-0.39, 0.29) is 6.04 Å². The molecule has 0 amide bonds. The third-order valence-corrected chi connectivity index (χ3v) is 4.75. The summed E-state index contributed by atoms with van der Waals surface area (Å²) in [5.74, 6) is 1.11. The molecule has 21 heavy (non-hydrogen) atoms. The first-order valence-electron chi connectivity index (χ1n) is 7.55. The van der Waals surface area contributed by atoms with Crippen LogP contribution >= 0.6 is 11.3 Å². The molecule has 2 aromatic heterocycles. The molecular weight excluding hydrogens is 278 g/mol. The highest BCUT2D eigenvalue weighted by Gasteiger charge is 2.21. The van der Waals surface area contributed by atoms with Gasteiger partial charge in [0.1, 0.15) is 5.82 Å². The first-order chi connectivity index (χ1) is 10.3. The third-order valence-electron chi connectivity index (χ3n) is 3.77. The van der Waals surface area contributed by atoms with Crippen molar-refractivity contribution >= 4 is 21.4 Å². The number of hydrogen-bond acceptors (Lipinski definition) is 3. The number of aryl methyl sites for hydroxylation is 1. The van der Waals surface area contributed by atoms with Gasteiger partial charge in [0.25, 0.3) is 0 Å². The van der Waals surface area contributed by atoms with E-state index >= 15 is 0 Å². The van der Waals surface area contributed by atoms with Crippen molar-refractivity contribution in [1.82, 2.24) is 14.9 Å². The monoisotopic (exact) mass is 299 g/mol. The van der Waals surface area contributed by atoms with E-state index in [9.17, 15) is 0 Å². The Labute approximate surface area is 129 Å². The average Bonchev–Trinajstić information content (AvgIpc) is 3.15. The van der Waals surface area contributed by atoms with Gasteiger partial charge in [-0.3, -0.25) is 0 Å². The highest BCUT2D eigenvalue weighted by Crippen LogP contribution is 2.33. The molecule has 4 heteroatoms. The Kier molecular flexibility index (Phi) is 4.36. The van der Waals surface area contributed by atoms with Crippen LogP contribution in [-0.4, -0.2) is 16.1 Å². The van der Waals surface area contributed by atoms with Gasteiger partial charge in [0.2, 0.25) is 0 Å². The maximum absolute atomic E-state index is 4.61. The van der Waals surface area contributed by atoms with Crippen molar-refractivity contribution in [2.45, 2.75) is 32.9 Å². The lowest BCUT2D eigenvalue weighted by molar-refractivity contribution is 0.545. The zero-order valence-electron chi connectivity index (χ0n) is 12.5. The molecule has 0 aliphatic carbocycles. The van der Waals surface area contributed by atoms with Crippen LogP contribution < -0.4 is 5.32 Å². The molecule has 3 rings (SSSR count). The van der Waals surface area contributed by atoms with Crippen LogP contribution in [0, 0.1) is 0 Å². The quantitative estimate of drug-likeness (QED) is 0.739. The summed E-state index contributed by atoms with van der Waals surface area (Å²) >= 11 is 1.81. The van der Waals surface area contributed by atoms with E-state index in [1.54, 1.807) is 0 Å². The topological polar surface area (TPSA) is 29.9 Å². The van der Waals surface area contributed by atoms with E-state index in [0.29, 0.717) is 0 Å². The molecule has 0 aliphatic rings. The summed E-state index contributed by atoms with van der Waals surface area (Å²) in [7, 11) is 0. The number of nitrogens with one attached hydrogen (secondary N) is 1.